The number of rotatable bonds is 5. The second kappa shape index (κ2) is 5.31. The minimum Gasteiger partial charge on any atom is -0.377 e. The molecule has 2 heteroatoms. The molecular formula is C13H27NO. The van der Waals surface area contributed by atoms with Gasteiger partial charge < -0.3 is 10.1 Å². The Morgan fingerprint density at radius 1 is 1.40 bits per heavy atom. The average Bonchev–Trinajstić information content (AvgIpc) is 2.47. The van der Waals surface area contributed by atoms with Crippen molar-refractivity contribution in [1.82, 2.24) is 5.32 Å². The second-order valence-electron chi connectivity index (χ2n) is 5.76. The minimum atomic E-state index is 0.338. The first-order valence-electron chi connectivity index (χ1n) is 6.26. The van der Waals surface area contributed by atoms with Gasteiger partial charge in [0.15, 0.2) is 0 Å². The fourth-order valence-corrected chi connectivity index (χ4v) is 2.80. The number of hydrogen-bond acceptors (Lipinski definition) is 2. The first-order chi connectivity index (χ1) is 6.97. The molecule has 0 aromatic rings. The largest absolute Gasteiger partial charge is 0.377 e. The van der Waals surface area contributed by atoms with Gasteiger partial charge in [0.05, 0.1) is 12.7 Å². The number of ether oxygens (including phenoxy) is 1. The molecule has 2 atom stereocenters. The smallest absolute Gasteiger partial charge is 0.0625 e. The van der Waals surface area contributed by atoms with E-state index in [1.165, 1.54) is 19.3 Å². The third-order valence-corrected chi connectivity index (χ3v) is 3.81. The van der Waals surface area contributed by atoms with Crippen LogP contribution >= 0.6 is 0 Å². The van der Waals surface area contributed by atoms with Gasteiger partial charge in [-0.1, -0.05) is 20.3 Å². The Kier molecular flexibility index (Phi) is 4.60. The minimum absolute atomic E-state index is 0.338. The Labute approximate surface area is 94.8 Å². The van der Waals surface area contributed by atoms with Crippen molar-refractivity contribution in [2.45, 2.75) is 59.1 Å². The van der Waals surface area contributed by atoms with Gasteiger partial charge in [0.1, 0.15) is 0 Å². The molecule has 2 unspecified atom stereocenters. The van der Waals surface area contributed by atoms with Crippen molar-refractivity contribution >= 4 is 0 Å². The third-order valence-electron chi connectivity index (χ3n) is 3.81. The highest BCUT2D eigenvalue weighted by Gasteiger charge is 2.38. The summed E-state index contributed by atoms with van der Waals surface area (Å²) in [6.45, 7) is 9.84. The Balaban J connectivity index is 2.50. The Bertz CT molecular complexity index is 189. The van der Waals surface area contributed by atoms with Gasteiger partial charge >= 0.3 is 0 Å². The Morgan fingerprint density at radius 3 is 2.47 bits per heavy atom. The van der Waals surface area contributed by atoms with E-state index < -0.39 is 0 Å². The molecule has 0 aliphatic heterocycles. The number of hydrogen-bond donors (Lipinski definition) is 1. The lowest BCUT2D eigenvalue weighted by Gasteiger charge is -2.34. The van der Waals surface area contributed by atoms with Crippen LogP contribution in [0.15, 0.2) is 0 Å². The number of likely N-dealkylation sites (N-methyl/N-ethyl adjacent to an activating group) is 1. The van der Waals surface area contributed by atoms with E-state index in [1.54, 1.807) is 0 Å². The fraction of sp³-hybridized carbons (Fsp3) is 1.00. The van der Waals surface area contributed by atoms with Crippen molar-refractivity contribution in [3.05, 3.63) is 0 Å². The first-order valence-corrected chi connectivity index (χ1v) is 6.26. The molecule has 15 heavy (non-hydrogen) atoms. The maximum Gasteiger partial charge on any atom is 0.0625 e. The third kappa shape index (κ3) is 3.46. The molecule has 90 valence electrons. The predicted octanol–water partition coefficient (Wildman–Crippen LogP) is 2.83. The molecule has 1 aliphatic carbocycles. The van der Waals surface area contributed by atoms with Gasteiger partial charge in [-0.3, -0.25) is 0 Å². The average molecular weight is 213 g/mol. The maximum atomic E-state index is 5.74. The summed E-state index contributed by atoms with van der Waals surface area (Å²) in [5, 5.41) is 3.43. The lowest BCUT2D eigenvalue weighted by atomic mass is 9.77. The van der Waals surface area contributed by atoms with Crippen LogP contribution in [0.3, 0.4) is 0 Å². The van der Waals surface area contributed by atoms with Gasteiger partial charge in [-0.05, 0) is 45.1 Å². The molecule has 1 N–H and O–H groups in total. The lowest BCUT2D eigenvalue weighted by molar-refractivity contribution is 0.0357. The molecule has 1 fully saturated rings. The molecule has 2 nitrogen and oxygen atoms in total. The summed E-state index contributed by atoms with van der Waals surface area (Å²) in [5.74, 6) is 0.765. The first kappa shape index (κ1) is 13.0. The molecule has 0 bridgehead atoms. The molecular weight excluding hydrogens is 186 g/mol. The molecule has 0 heterocycles. The van der Waals surface area contributed by atoms with Crippen LogP contribution in [0.2, 0.25) is 0 Å². The summed E-state index contributed by atoms with van der Waals surface area (Å²) >= 11 is 0. The van der Waals surface area contributed by atoms with Crippen LogP contribution in [0.5, 0.6) is 0 Å². The van der Waals surface area contributed by atoms with Crippen molar-refractivity contribution in [1.29, 1.82) is 0 Å². The zero-order chi connectivity index (χ0) is 11.5. The molecule has 0 radical (unpaired) electrons. The monoisotopic (exact) mass is 213 g/mol. The van der Waals surface area contributed by atoms with Gasteiger partial charge in [0.25, 0.3) is 0 Å². The normalized spacial score (nSPS) is 27.2. The van der Waals surface area contributed by atoms with E-state index in [0.717, 1.165) is 12.5 Å². The summed E-state index contributed by atoms with van der Waals surface area (Å²) in [5.41, 5.74) is 0.480. The van der Waals surface area contributed by atoms with Crippen LogP contribution in [0.25, 0.3) is 0 Å². The van der Waals surface area contributed by atoms with Crippen LogP contribution in [-0.2, 0) is 4.74 Å². The zero-order valence-electron chi connectivity index (χ0n) is 11.0. The van der Waals surface area contributed by atoms with E-state index in [9.17, 15) is 0 Å². The van der Waals surface area contributed by atoms with Gasteiger partial charge in [-0.2, -0.15) is 0 Å². The molecule has 0 aromatic carbocycles. The van der Waals surface area contributed by atoms with Crippen LogP contribution in [0, 0.1) is 11.3 Å². The van der Waals surface area contributed by atoms with Crippen molar-refractivity contribution in [3.8, 4) is 0 Å². The Hall–Kier alpha value is -0.0800. The van der Waals surface area contributed by atoms with Crippen LogP contribution in [-0.4, -0.2) is 25.8 Å². The summed E-state index contributed by atoms with van der Waals surface area (Å²) in [6.07, 6.45) is 4.42. The molecule has 0 spiro atoms. The van der Waals surface area contributed by atoms with E-state index in [2.05, 4.69) is 40.1 Å². The van der Waals surface area contributed by atoms with Crippen molar-refractivity contribution in [2.75, 3.05) is 13.7 Å². The Morgan fingerprint density at radius 2 is 2.07 bits per heavy atom. The molecule has 0 saturated heterocycles. The summed E-state index contributed by atoms with van der Waals surface area (Å²) in [6, 6.07) is 0.518. The zero-order valence-corrected chi connectivity index (χ0v) is 11.0. The SMILES string of the molecule is CNC(COC(C)C)C1CCCC1(C)C. The predicted molar refractivity (Wildman–Crippen MR) is 65.1 cm³/mol. The summed E-state index contributed by atoms with van der Waals surface area (Å²) in [4.78, 5) is 0. The standard InChI is InChI=1S/C13H27NO/c1-10(2)15-9-12(14-5)11-7-6-8-13(11,3)4/h10-12,14H,6-9H2,1-5H3. The molecule has 0 aromatic heterocycles. The van der Waals surface area contributed by atoms with Gasteiger partial charge in [0.2, 0.25) is 0 Å². The van der Waals surface area contributed by atoms with E-state index in [1.807, 2.05) is 0 Å². The van der Waals surface area contributed by atoms with Gasteiger partial charge in [0, 0.05) is 6.04 Å². The van der Waals surface area contributed by atoms with Gasteiger partial charge in [-0.15, -0.1) is 0 Å². The van der Waals surface area contributed by atoms with Crippen LogP contribution in [0.4, 0.5) is 0 Å². The highest BCUT2D eigenvalue weighted by Crippen LogP contribution is 2.44. The molecule has 1 saturated carbocycles. The summed E-state index contributed by atoms with van der Waals surface area (Å²) < 4.78 is 5.74. The molecule has 1 rings (SSSR count). The van der Waals surface area contributed by atoms with Gasteiger partial charge in [-0.25, -0.2) is 0 Å². The second-order valence-corrected chi connectivity index (χ2v) is 5.76. The van der Waals surface area contributed by atoms with E-state index in [0.29, 0.717) is 17.6 Å². The topological polar surface area (TPSA) is 21.3 Å². The van der Waals surface area contributed by atoms with Crippen molar-refractivity contribution < 1.29 is 4.74 Å². The molecule has 0 amide bonds. The highest BCUT2D eigenvalue weighted by molar-refractivity contribution is 4.91. The number of nitrogens with one attached hydrogen (secondary N) is 1. The van der Waals surface area contributed by atoms with Crippen LogP contribution in [0.1, 0.15) is 47.0 Å². The van der Waals surface area contributed by atoms with E-state index >= 15 is 0 Å². The highest BCUT2D eigenvalue weighted by atomic mass is 16.5. The van der Waals surface area contributed by atoms with Crippen molar-refractivity contribution in [2.24, 2.45) is 11.3 Å². The van der Waals surface area contributed by atoms with E-state index in [-0.39, 0.29) is 0 Å². The fourth-order valence-electron chi connectivity index (χ4n) is 2.80. The lowest BCUT2D eigenvalue weighted by Crippen LogP contribution is -2.42. The van der Waals surface area contributed by atoms with E-state index in [4.69, 9.17) is 4.74 Å². The summed E-state index contributed by atoms with van der Waals surface area (Å²) in [7, 11) is 2.06. The van der Waals surface area contributed by atoms with Crippen LogP contribution < -0.4 is 5.32 Å². The maximum absolute atomic E-state index is 5.74. The quantitative estimate of drug-likeness (QED) is 0.758. The molecule has 1 aliphatic rings. The van der Waals surface area contributed by atoms with Crippen molar-refractivity contribution in [3.63, 3.8) is 0 Å².